The third-order valence-electron chi connectivity index (χ3n) is 2.62. The van der Waals surface area contributed by atoms with Crippen LogP contribution in [0.2, 0.25) is 6.04 Å². The minimum Gasteiger partial charge on any atom is -0.381 e. The zero-order valence-electron chi connectivity index (χ0n) is 8.27. The van der Waals surface area contributed by atoms with Gasteiger partial charge >= 0.3 is 0 Å². The van der Waals surface area contributed by atoms with E-state index < -0.39 is 0 Å². The van der Waals surface area contributed by atoms with Crippen LogP contribution < -0.4 is 0 Å². The van der Waals surface area contributed by atoms with E-state index >= 15 is 0 Å². The van der Waals surface area contributed by atoms with Crippen molar-refractivity contribution in [3.63, 3.8) is 0 Å². The Balaban J connectivity index is 2.04. The number of ether oxygens (including phenoxy) is 2. The van der Waals surface area contributed by atoms with Crippen molar-refractivity contribution in [1.82, 2.24) is 0 Å². The van der Waals surface area contributed by atoms with Crippen molar-refractivity contribution in [3.05, 3.63) is 0 Å². The van der Waals surface area contributed by atoms with Gasteiger partial charge in [0, 0.05) is 22.3 Å². The SMILES string of the molecule is CCC1(COCCC[SiH3])COC1. The van der Waals surface area contributed by atoms with Gasteiger partial charge in [-0.25, -0.2) is 0 Å². The number of rotatable bonds is 6. The van der Waals surface area contributed by atoms with E-state index in [2.05, 4.69) is 6.92 Å². The molecule has 1 rings (SSSR count). The first-order valence-corrected chi connectivity index (χ1v) is 6.40. The zero-order valence-corrected chi connectivity index (χ0v) is 10.3. The molecular formula is C9H20O2Si. The topological polar surface area (TPSA) is 18.5 Å². The predicted molar refractivity (Wildman–Crippen MR) is 53.7 cm³/mol. The lowest BCUT2D eigenvalue weighted by atomic mass is 9.84. The maximum Gasteiger partial charge on any atom is 0.0566 e. The first kappa shape index (κ1) is 10.2. The van der Waals surface area contributed by atoms with E-state index in [1.807, 2.05) is 0 Å². The molecule has 0 radical (unpaired) electrons. The van der Waals surface area contributed by atoms with Crippen LogP contribution in [0.15, 0.2) is 0 Å². The summed E-state index contributed by atoms with van der Waals surface area (Å²) in [7, 11) is 1.31. The second-order valence-electron chi connectivity index (χ2n) is 3.75. The summed E-state index contributed by atoms with van der Waals surface area (Å²) in [5, 5.41) is 0. The van der Waals surface area contributed by atoms with Gasteiger partial charge in [0.25, 0.3) is 0 Å². The number of hydrogen-bond donors (Lipinski definition) is 0. The van der Waals surface area contributed by atoms with Crippen molar-refractivity contribution in [2.45, 2.75) is 25.8 Å². The second-order valence-corrected chi connectivity index (χ2v) is 4.75. The Morgan fingerprint density at radius 2 is 2.25 bits per heavy atom. The highest BCUT2D eigenvalue weighted by Crippen LogP contribution is 2.31. The normalized spacial score (nSPS) is 20.8. The van der Waals surface area contributed by atoms with E-state index in [-0.39, 0.29) is 0 Å². The van der Waals surface area contributed by atoms with E-state index in [0.717, 1.165) is 26.4 Å². The largest absolute Gasteiger partial charge is 0.381 e. The molecule has 0 aromatic carbocycles. The van der Waals surface area contributed by atoms with Crippen molar-refractivity contribution < 1.29 is 9.47 Å². The molecule has 0 amide bonds. The third-order valence-corrected chi connectivity index (χ3v) is 3.32. The Morgan fingerprint density at radius 3 is 2.67 bits per heavy atom. The molecule has 0 aliphatic carbocycles. The first-order valence-electron chi connectivity index (χ1n) is 4.98. The van der Waals surface area contributed by atoms with Gasteiger partial charge in [0.2, 0.25) is 0 Å². The molecule has 2 nitrogen and oxygen atoms in total. The first-order chi connectivity index (χ1) is 5.83. The minimum atomic E-state index is 0.380. The summed E-state index contributed by atoms with van der Waals surface area (Å²) in [6.45, 7) is 5.89. The fourth-order valence-electron chi connectivity index (χ4n) is 1.32. The van der Waals surface area contributed by atoms with Crippen LogP contribution in [-0.2, 0) is 9.47 Å². The van der Waals surface area contributed by atoms with E-state index in [0.29, 0.717) is 5.41 Å². The summed E-state index contributed by atoms with van der Waals surface area (Å²) in [5.41, 5.74) is 0.380. The molecule has 1 fully saturated rings. The van der Waals surface area contributed by atoms with Gasteiger partial charge in [-0.2, -0.15) is 0 Å². The molecule has 0 unspecified atom stereocenters. The van der Waals surface area contributed by atoms with Gasteiger partial charge in [0.1, 0.15) is 0 Å². The van der Waals surface area contributed by atoms with Gasteiger partial charge in [0.05, 0.1) is 19.8 Å². The van der Waals surface area contributed by atoms with Crippen molar-refractivity contribution >= 4 is 10.2 Å². The molecule has 0 atom stereocenters. The molecule has 1 aliphatic rings. The van der Waals surface area contributed by atoms with Gasteiger partial charge in [-0.1, -0.05) is 13.0 Å². The van der Waals surface area contributed by atoms with Crippen LogP contribution >= 0.6 is 0 Å². The fourth-order valence-corrected chi connectivity index (χ4v) is 1.60. The van der Waals surface area contributed by atoms with Gasteiger partial charge < -0.3 is 9.47 Å². The second kappa shape index (κ2) is 4.99. The van der Waals surface area contributed by atoms with Crippen molar-refractivity contribution in [2.75, 3.05) is 26.4 Å². The van der Waals surface area contributed by atoms with Gasteiger partial charge in [0.15, 0.2) is 0 Å². The van der Waals surface area contributed by atoms with Crippen LogP contribution in [0, 0.1) is 5.41 Å². The monoisotopic (exact) mass is 188 g/mol. The molecular weight excluding hydrogens is 168 g/mol. The standard InChI is InChI=1S/C9H20O2Si/c1-2-9(7-11-8-9)6-10-4-3-5-12/h2-8H2,1,12H3. The lowest BCUT2D eigenvalue weighted by Gasteiger charge is -2.40. The summed E-state index contributed by atoms with van der Waals surface area (Å²) in [6.07, 6.45) is 2.43. The van der Waals surface area contributed by atoms with Gasteiger partial charge in [-0.3, -0.25) is 0 Å². The quantitative estimate of drug-likeness (QED) is 0.449. The molecule has 3 heteroatoms. The predicted octanol–water partition coefficient (Wildman–Crippen LogP) is 0.603. The molecule has 0 aromatic rings. The Labute approximate surface area is 78.1 Å². The van der Waals surface area contributed by atoms with Crippen LogP contribution in [0.3, 0.4) is 0 Å². The molecule has 1 heterocycles. The summed E-state index contributed by atoms with van der Waals surface area (Å²) >= 11 is 0. The van der Waals surface area contributed by atoms with E-state index in [4.69, 9.17) is 9.47 Å². The molecule has 0 aromatic heterocycles. The fraction of sp³-hybridized carbons (Fsp3) is 1.00. The van der Waals surface area contributed by atoms with Crippen LogP contribution in [0.25, 0.3) is 0 Å². The molecule has 1 aliphatic heterocycles. The maximum absolute atomic E-state index is 5.61. The van der Waals surface area contributed by atoms with E-state index in [9.17, 15) is 0 Å². The molecule has 0 N–H and O–H groups in total. The molecule has 1 saturated heterocycles. The average Bonchev–Trinajstić information content (AvgIpc) is 2.02. The summed E-state index contributed by atoms with van der Waals surface area (Å²) in [4.78, 5) is 0. The zero-order chi connectivity index (χ0) is 8.86. The van der Waals surface area contributed by atoms with Crippen molar-refractivity contribution in [1.29, 1.82) is 0 Å². The molecule has 0 spiro atoms. The maximum atomic E-state index is 5.61. The molecule has 0 bridgehead atoms. The van der Waals surface area contributed by atoms with Crippen LogP contribution in [0.1, 0.15) is 19.8 Å². The molecule has 0 saturated carbocycles. The minimum absolute atomic E-state index is 0.380. The van der Waals surface area contributed by atoms with E-state index in [1.165, 1.54) is 29.1 Å². The van der Waals surface area contributed by atoms with Crippen LogP contribution in [0.5, 0.6) is 0 Å². The van der Waals surface area contributed by atoms with Crippen molar-refractivity contribution in [3.8, 4) is 0 Å². The Hall–Kier alpha value is 0.137. The summed E-state index contributed by atoms with van der Waals surface area (Å²) in [6, 6.07) is 1.36. The molecule has 72 valence electrons. The lowest BCUT2D eigenvalue weighted by Crippen LogP contribution is -2.45. The van der Waals surface area contributed by atoms with Gasteiger partial charge in [-0.15, -0.1) is 0 Å². The highest BCUT2D eigenvalue weighted by atomic mass is 28.1. The Kier molecular flexibility index (Phi) is 4.25. The lowest BCUT2D eigenvalue weighted by molar-refractivity contribution is -0.150. The van der Waals surface area contributed by atoms with Gasteiger partial charge in [-0.05, 0) is 12.8 Å². The van der Waals surface area contributed by atoms with Crippen molar-refractivity contribution in [2.24, 2.45) is 5.41 Å². The summed E-state index contributed by atoms with van der Waals surface area (Å²) < 4.78 is 10.8. The van der Waals surface area contributed by atoms with E-state index in [1.54, 1.807) is 0 Å². The highest BCUT2D eigenvalue weighted by Gasteiger charge is 2.36. The third kappa shape index (κ3) is 2.57. The van der Waals surface area contributed by atoms with Crippen LogP contribution in [-0.4, -0.2) is 36.7 Å². The summed E-state index contributed by atoms with van der Waals surface area (Å²) in [5.74, 6) is 0. The van der Waals surface area contributed by atoms with Crippen LogP contribution in [0.4, 0.5) is 0 Å². The smallest absolute Gasteiger partial charge is 0.0566 e. The molecule has 12 heavy (non-hydrogen) atoms. The highest BCUT2D eigenvalue weighted by molar-refractivity contribution is 6.08. The Bertz CT molecular complexity index is 118. The average molecular weight is 188 g/mol. The number of hydrogen-bond acceptors (Lipinski definition) is 2. The Morgan fingerprint density at radius 1 is 1.50 bits per heavy atom.